The number of aliphatic hydroxyl groups excluding tert-OH is 1. The van der Waals surface area contributed by atoms with Gasteiger partial charge in [0.1, 0.15) is 5.76 Å². The number of aromatic nitrogens is 2. The lowest BCUT2D eigenvalue weighted by Gasteiger charge is -2.31. The van der Waals surface area contributed by atoms with E-state index in [4.69, 9.17) is 21.1 Å². The molecule has 0 spiro atoms. The molecule has 1 saturated heterocycles. The van der Waals surface area contributed by atoms with Crippen LogP contribution in [0.3, 0.4) is 0 Å². The Hall–Kier alpha value is -2.05. The maximum Gasteiger partial charge on any atom is 0.337 e. The first-order valence-electron chi connectivity index (χ1n) is 10.4. The Labute approximate surface area is 175 Å². The summed E-state index contributed by atoms with van der Waals surface area (Å²) in [5.74, 6) is -0.207. The molecule has 1 aliphatic heterocycles. The molecule has 1 N–H and O–H groups in total. The van der Waals surface area contributed by atoms with E-state index in [2.05, 4.69) is 12.0 Å². The molecule has 1 fully saturated rings. The Balaban J connectivity index is 1.71. The molecule has 1 aliphatic carbocycles. The van der Waals surface area contributed by atoms with E-state index >= 15 is 0 Å². The summed E-state index contributed by atoms with van der Waals surface area (Å²) in [6.45, 7) is 4.89. The van der Waals surface area contributed by atoms with E-state index in [9.17, 15) is 9.90 Å². The zero-order valence-corrected chi connectivity index (χ0v) is 17.6. The van der Waals surface area contributed by atoms with Crippen LogP contribution in [0.2, 0.25) is 5.02 Å². The minimum Gasteiger partial charge on any atom is -0.512 e. The van der Waals surface area contributed by atoms with Crippen molar-refractivity contribution in [3.63, 3.8) is 0 Å². The Morgan fingerprint density at radius 2 is 2.21 bits per heavy atom. The largest absolute Gasteiger partial charge is 0.512 e. The summed E-state index contributed by atoms with van der Waals surface area (Å²) in [4.78, 5) is 12.2. The second kappa shape index (κ2) is 8.36. The molecule has 0 amide bonds. The number of carbonyl (C=O) groups is 1. The average molecular weight is 419 g/mol. The Bertz CT molecular complexity index is 946. The molecule has 7 heteroatoms. The van der Waals surface area contributed by atoms with Crippen molar-refractivity contribution < 1.29 is 19.4 Å². The molecule has 1 aromatic heterocycles. The van der Waals surface area contributed by atoms with Crippen LogP contribution in [0.5, 0.6) is 0 Å². The fraction of sp³-hybridized carbons (Fsp3) is 0.545. The number of halogens is 1. The van der Waals surface area contributed by atoms with Crippen molar-refractivity contribution in [3.05, 3.63) is 40.2 Å². The van der Waals surface area contributed by atoms with Gasteiger partial charge in [0.05, 0.1) is 23.9 Å². The number of benzene rings is 1. The lowest BCUT2D eigenvalue weighted by atomic mass is 9.75. The van der Waals surface area contributed by atoms with Crippen LogP contribution in [0.4, 0.5) is 0 Å². The SMILES string of the molecule is CCOC(=O)C1=C(O)CC(c2c(Cl)ccc3c2cnn3C2CCCCO2)C(C)C1. The second-order valence-electron chi connectivity index (χ2n) is 7.94. The molecule has 29 heavy (non-hydrogen) atoms. The van der Waals surface area contributed by atoms with Crippen molar-refractivity contribution in [2.45, 2.75) is 58.1 Å². The van der Waals surface area contributed by atoms with Crippen LogP contribution in [-0.4, -0.2) is 34.1 Å². The van der Waals surface area contributed by atoms with Gasteiger partial charge in [-0.2, -0.15) is 5.10 Å². The minimum absolute atomic E-state index is 0.00528. The van der Waals surface area contributed by atoms with Gasteiger partial charge in [-0.3, -0.25) is 0 Å². The van der Waals surface area contributed by atoms with Crippen molar-refractivity contribution in [1.29, 1.82) is 0 Å². The van der Waals surface area contributed by atoms with E-state index in [0.29, 0.717) is 30.0 Å². The molecule has 2 aliphatic rings. The number of esters is 1. The Morgan fingerprint density at radius 3 is 2.93 bits per heavy atom. The number of carbonyl (C=O) groups excluding carboxylic acids is 1. The minimum atomic E-state index is -0.429. The first-order valence-corrected chi connectivity index (χ1v) is 10.7. The summed E-state index contributed by atoms with van der Waals surface area (Å²) in [5, 5.41) is 16.8. The molecule has 6 nitrogen and oxygen atoms in total. The lowest BCUT2D eigenvalue weighted by molar-refractivity contribution is -0.139. The van der Waals surface area contributed by atoms with Crippen molar-refractivity contribution in [1.82, 2.24) is 9.78 Å². The van der Waals surface area contributed by atoms with Crippen molar-refractivity contribution in [2.75, 3.05) is 13.2 Å². The number of nitrogens with zero attached hydrogens (tertiary/aromatic N) is 2. The van der Waals surface area contributed by atoms with Crippen LogP contribution in [0, 0.1) is 5.92 Å². The van der Waals surface area contributed by atoms with Crippen LogP contribution < -0.4 is 0 Å². The zero-order valence-electron chi connectivity index (χ0n) is 16.9. The molecule has 1 aromatic carbocycles. The van der Waals surface area contributed by atoms with E-state index in [1.165, 1.54) is 0 Å². The Kier molecular flexibility index (Phi) is 5.83. The molecule has 2 aromatic rings. The second-order valence-corrected chi connectivity index (χ2v) is 8.35. The number of aliphatic hydroxyl groups is 1. The number of allylic oxidation sites excluding steroid dienone is 1. The highest BCUT2D eigenvalue weighted by Crippen LogP contribution is 2.45. The molecule has 0 radical (unpaired) electrons. The van der Waals surface area contributed by atoms with E-state index < -0.39 is 5.97 Å². The highest BCUT2D eigenvalue weighted by molar-refractivity contribution is 6.32. The van der Waals surface area contributed by atoms with Crippen LogP contribution >= 0.6 is 11.6 Å². The molecular weight excluding hydrogens is 392 g/mol. The molecule has 3 atom stereocenters. The van der Waals surface area contributed by atoms with Gasteiger partial charge in [-0.15, -0.1) is 0 Å². The molecule has 0 bridgehead atoms. The smallest absolute Gasteiger partial charge is 0.337 e. The number of hydrogen-bond acceptors (Lipinski definition) is 5. The van der Waals surface area contributed by atoms with Gasteiger partial charge in [0.25, 0.3) is 0 Å². The topological polar surface area (TPSA) is 73.6 Å². The third kappa shape index (κ3) is 3.76. The monoisotopic (exact) mass is 418 g/mol. The highest BCUT2D eigenvalue weighted by Gasteiger charge is 2.34. The first-order chi connectivity index (χ1) is 14.0. The van der Waals surface area contributed by atoms with Gasteiger partial charge in [0.2, 0.25) is 0 Å². The van der Waals surface area contributed by atoms with E-state index in [0.717, 1.165) is 42.3 Å². The van der Waals surface area contributed by atoms with Gasteiger partial charge < -0.3 is 14.6 Å². The molecule has 3 unspecified atom stereocenters. The maximum atomic E-state index is 12.2. The van der Waals surface area contributed by atoms with Crippen LogP contribution in [0.1, 0.15) is 63.7 Å². The third-order valence-electron chi connectivity index (χ3n) is 6.06. The molecular formula is C22H27ClN2O4. The fourth-order valence-corrected chi connectivity index (χ4v) is 4.86. The summed E-state index contributed by atoms with van der Waals surface area (Å²) in [6.07, 6.45) is 5.77. The number of ether oxygens (including phenoxy) is 2. The van der Waals surface area contributed by atoms with Gasteiger partial charge in [0, 0.05) is 23.4 Å². The fourth-order valence-electron chi connectivity index (χ4n) is 4.56. The number of rotatable bonds is 4. The zero-order chi connectivity index (χ0) is 20.5. The van der Waals surface area contributed by atoms with Crippen molar-refractivity contribution in [3.8, 4) is 0 Å². The van der Waals surface area contributed by atoms with E-state index in [-0.39, 0.29) is 23.8 Å². The quantitative estimate of drug-likeness (QED) is 0.684. The van der Waals surface area contributed by atoms with Gasteiger partial charge >= 0.3 is 5.97 Å². The summed E-state index contributed by atoms with van der Waals surface area (Å²) in [5.41, 5.74) is 2.35. The predicted molar refractivity (Wildman–Crippen MR) is 111 cm³/mol. The first kappa shape index (κ1) is 20.2. The summed E-state index contributed by atoms with van der Waals surface area (Å²) in [7, 11) is 0. The molecule has 0 saturated carbocycles. The van der Waals surface area contributed by atoms with Crippen LogP contribution in [0.25, 0.3) is 10.9 Å². The maximum absolute atomic E-state index is 12.2. The number of fused-ring (bicyclic) bond motifs is 1. The van der Waals surface area contributed by atoms with Crippen molar-refractivity contribution in [2.24, 2.45) is 5.92 Å². The third-order valence-corrected chi connectivity index (χ3v) is 6.39. The molecule has 2 heterocycles. The standard InChI is InChI=1S/C22H27ClN2O4/c1-3-28-22(27)15-10-13(2)14(11-19(15)26)21-16-12-24-25(18(16)8-7-17(21)23)20-6-4-5-9-29-20/h7-8,12-14,20,26H,3-6,9-11H2,1-2H3. The van der Waals surface area contributed by atoms with Crippen LogP contribution in [-0.2, 0) is 14.3 Å². The van der Waals surface area contributed by atoms with Crippen LogP contribution in [0.15, 0.2) is 29.7 Å². The average Bonchev–Trinajstić information content (AvgIpc) is 3.14. The highest BCUT2D eigenvalue weighted by atomic mass is 35.5. The predicted octanol–water partition coefficient (Wildman–Crippen LogP) is 5.28. The molecule has 4 rings (SSSR count). The van der Waals surface area contributed by atoms with E-state index in [1.807, 2.05) is 23.0 Å². The van der Waals surface area contributed by atoms with Crippen molar-refractivity contribution >= 4 is 28.5 Å². The summed E-state index contributed by atoms with van der Waals surface area (Å²) < 4.78 is 13.0. The van der Waals surface area contributed by atoms with Gasteiger partial charge in [-0.25, -0.2) is 9.48 Å². The van der Waals surface area contributed by atoms with Gasteiger partial charge in [-0.1, -0.05) is 18.5 Å². The Morgan fingerprint density at radius 1 is 1.38 bits per heavy atom. The van der Waals surface area contributed by atoms with E-state index in [1.54, 1.807) is 6.92 Å². The summed E-state index contributed by atoms with van der Waals surface area (Å²) in [6, 6.07) is 3.88. The van der Waals surface area contributed by atoms with Gasteiger partial charge in [0.15, 0.2) is 6.23 Å². The van der Waals surface area contributed by atoms with Gasteiger partial charge in [-0.05, 0) is 62.1 Å². The normalized spacial score (nSPS) is 25.4. The number of hydrogen-bond donors (Lipinski definition) is 1. The molecule has 156 valence electrons. The lowest BCUT2D eigenvalue weighted by Crippen LogP contribution is -2.23. The summed E-state index contributed by atoms with van der Waals surface area (Å²) >= 11 is 6.64.